The number of imide groups is 1. The van der Waals surface area contributed by atoms with Gasteiger partial charge < -0.3 is 10.1 Å². The summed E-state index contributed by atoms with van der Waals surface area (Å²) in [6.07, 6.45) is 0. The zero-order valence-electron chi connectivity index (χ0n) is 11.3. The van der Waals surface area contributed by atoms with E-state index in [0.29, 0.717) is 5.70 Å². The molecule has 1 aliphatic heterocycles. The number of thiophene rings is 1. The van der Waals surface area contributed by atoms with Gasteiger partial charge in [-0.2, -0.15) is 0 Å². The van der Waals surface area contributed by atoms with Crippen molar-refractivity contribution in [3.63, 3.8) is 0 Å². The van der Waals surface area contributed by atoms with E-state index in [1.807, 2.05) is 5.38 Å². The Hall–Kier alpha value is -2.15. The van der Waals surface area contributed by atoms with E-state index in [1.54, 1.807) is 19.1 Å². The van der Waals surface area contributed by atoms with Crippen LogP contribution in [0, 0.1) is 0 Å². The van der Waals surface area contributed by atoms with Crippen LogP contribution in [0.5, 0.6) is 0 Å². The van der Waals surface area contributed by atoms with Crippen LogP contribution in [0.2, 0.25) is 0 Å². The third-order valence-corrected chi connectivity index (χ3v) is 3.93. The van der Waals surface area contributed by atoms with E-state index in [1.165, 1.54) is 25.4 Å². The molecule has 2 heterocycles. The summed E-state index contributed by atoms with van der Waals surface area (Å²) in [7, 11) is 1.27. The minimum atomic E-state index is -0.742. The van der Waals surface area contributed by atoms with Gasteiger partial charge in [0, 0.05) is 17.5 Å². The molecule has 0 saturated heterocycles. The molecular formula is C13H14N2O4S. The molecule has 0 bridgehead atoms. The lowest BCUT2D eigenvalue weighted by Crippen LogP contribution is -2.50. The van der Waals surface area contributed by atoms with Gasteiger partial charge in [0.05, 0.1) is 12.7 Å². The van der Waals surface area contributed by atoms with Crippen LogP contribution in [0.3, 0.4) is 0 Å². The third-order valence-electron chi connectivity index (χ3n) is 3.01. The van der Waals surface area contributed by atoms with Crippen molar-refractivity contribution < 1.29 is 19.1 Å². The number of nitrogens with one attached hydrogen (secondary N) is 1. The van der Waals surface area contributed by atoms with Crippen molar-refractivity contribution in [3.8, 4) is 0 Å². The zero-order valence-corrected chi connectivity index (χ0v) is 12.1. The maximum Gasteiger partial charge on any atom is 0.338 e. The van der Waals surface area contributed by atoms with Gasteiger partial charge in [0.25, 0.3) is 0 Å². The fourth-order valence-corrected chi connectivity index (χ4v) is 2.98. The summed E-state index contributed by atoms with van der Waals surface area (Å²) in [5.74, 6) is -0.998. The van der Waals surface area contributed by atoms with Crippen LogP contribution < -0.4 is 5.32 Å². The van der Waals surface area contributed by atoms with Crippen LogP contribution in [0.25, 0.3) is 0 Å². The van der Waals surface area contributed by atoms with Crippen LogP contribution in [-0.4, -0.2) is 29.9 Å². The number of amides is 3. The van der Waals surface area contributed by atoms with E-state index in [4.69, 9.17) is 4.74 Å². The summed E-state index contributed by atoms with van der Waals surface area (Å²) < 4.78 is 4.77. The normalized spacial score (nSPS) is 18.9. The quantitative estimate of drug-likeness (QED) is 0.844. The minimum absolute atomic E-state index is 0.268. The van der Waals surface area contributed by atoms with Gasteiger partial charge in [-0.05, 0) is 18.4 Å². The number of nitrogens with zero attached hydrogens (tertiary/aromatic N) is 1. The van der Waals surface area contributed by atoms with Gasteiger partial charge in [-0.3, -0.25) is 9.69 Å². The number of methoxy groups -OCH3 is 1. The minimum Gasteiger partial charge on any atom is -0.466 e. The maximum atomic E-state index is 12.0. The summed E-state index contributed by atoms with van der Waals surface area (Å²) in [6, 6.07) is 2.30. The van der Waals surface area contributed by atoms with Crippen molar-refractivity contribution in [2.24, 2.45) is 0 Å². The number of hydrogen-bond acceptors (Lipinski definition) is 5. The molecule has 1 N–H and O–H groups in total. The first-order valence-electron chi connectivity index (χ1n) is 5.90. The molecule has 0 fully saturated rings. The predicted octanol–water partition coefficient (Wildman–Crippen LogP) is 1.81. The lowest BCUT2D eigenvalue weighted by Gasteiger charge is -2.34. The first-order valence-corrected chi connectivity index (χ1v) is 6.78. The Labute approximate surface area is 120 Å². The van der Waals surface area contributed by atoms with Crippen LogP contribution in [0.1, 0.15) is 24.8 Å². The van der Waals surface area contributed by atoms with Crippen LogP contribution in [-0.2, 0) is 14.3 Å². The largest absolute Gasteiger partial charge is 0.466 e. The van der Waals surface area contributed by atoms with Gasteiger partial charge in [0.15, 0.2) is 0 Å². The second-order valence-electron chi connectivity index (χ2n) is 4.27. The molecule has 1 aliphatic rings. The van der Waals surface area contributed by atoms with Crippen LogP contribution in [0.4, 0.5) is 4.79 Å². The summed E-state index contributed by atoms with van der Waals surface area (Å²) in [5.41, 5.74) is 0.669. The van der Waals surface area contributed by atoms with E-state index < -0.39 is 23.9 Å². The van der Waals surface area contributed by atoms with E-state index in [2.05, 4.69) is 5.32 Å². The van der Waals surface area contributed by atoms with Gasteiger partial charge in [0.1, 0.15) is 6.04 Å². The number of allylic oxidation sites excluding steroid dienone is 1. The molecule has 1 aromatic rings. The van der Waals surface area contributed by atoms with E-state index in [0.717, 1.165) is 9.78 Å². The van der Waals surface area contributed by atoms with Crippen molar-refractivity contribution in [3.05, 3.63) is 33.7 Å². The summed E-state index contributed by atoms with van der Waals surface area (Å²) >= 11 is 1.37. The van der Waals surface area contributed by atoms with Gasteiger partial charge in [-0.25, -0.2) is 9.59 Å². The third kappa shape index (κ3) is 2.32. The molecule has 3 amide bonds. The number of esters is 1. The predicted molar refractivity (Wildman–Crippen MR) is 72.8 cm³/mol. The number of urea groups is 1. The van der Waals surface area contributed by atoms with Crippen molar-refractivity contribution in [2.75, 3.05) is 7.11 Å². The first-order chi connectivity index (χ1) is 9.47. The molecule has 6 nitrogen and oxygen atoms in total. The molecule has 20 heavy (non-hydrogen) atoms. The summed E-state index contributed by atoms with van der Waals surface area (Å²) in [4.78, 5) is 37.6. The monoisotopic (exact) mass is 294 g/mol. The fourth-order valence-electron chi connectivity index (χ4n) is 2.16. The van der Waals surface area contributed by atoms with Gasteiger partial charge in [-0.15, -0.1) is 11.3 Å². The Morgan fingerprint density at radius 2 is 2.15 bits per heavy atom. The van der Waals surface area contributed by atoms with Crippen molar-refractivity contribution in [1.29, 1.82) is 0 Å². The number of rotatable bonds is 2. The van der Waals surface area contributed by atoms with E-state index in [9.17, 15) is 14.4 Å². The first kappa shape index (κ1) is 14.3. The van der Waals surface area contributed by atoms with Crippen molar-refractivity contribution in [1.82, 2.24) is 10.2 Å². The maximum absolute atomic E-state index is 12.0. The SMILES string of the molecule is COC(=O)C1=C(C)NC(=O)N(C(C)=O)[C@H]1c1cccs1. The molecule has 0 saturated carbocycles. The topological polar surface area (TPSA) is 75.7 Å². The molecule has 1 aromatic heterocycles. The lowest BCUT2D eigenvalue weighted by atomic mass is 9.99. The zero-order chi connectivity index (χ0) is 14.9. The highest BCUT2D eigenvalue weighted by Gasteiger charge is 2.40. The number of ether oxygens (including phenoxy) is 1. The highest BCUT2D eigenvalue weighted by atomic mass is 32.1. The van der Waals surface area contributed by atoms with E-state index >= 15 is 0 Å². The fraction of sp³-hybridized carbons (Fsp3) is 0.308. The van der Waals surface area contributed by atoms with E-state index in [-0.39, 0.29) is 5.57 Å². The van der Waals surface area contributed by atoms with Gasteiger partial charge >= 0.3 is 12.0 Å². The Morgan fingerprint density at radius 1 is 1.45 bits per heavy atom. The Kier molecular flexibility index (Phi) is 3.89. The average molecular weight is 294 g/mol. The lowest BCUT2D eigenvalue weighted by molar-refractivity contribution is -0.137. The smallest absolute Gasteiger partial charge is 0.338 e. The Bertz CT molecular complexity index is 592. The second-order valence-corrected chi connectivity index (χ2v) is 5.25. The summed E-state index contributed by atoms with van der Waals surface area (Å²) in [6.45, 7) is 2.90. The second kappa shape index (κ2) is 5.46. The molecule has 0 radical (unpaired) electrons. The number of carbonyl (C=O) groups is 3. The van der Waals surface area contributed by atoms with Gasteiger partial charge in [0.2, 0.25) is 5.91 Å². The highest BCUT2D eigenvalue weighted by Crippen LogP contribution is 2.36. The van der Waals surface area contributed by atoms with Crippen LogP contribution in [0.15, 0.2) is 28.8 Å². The van der Waals surface area contributed by atoms with Crippen molar-refractivity contribution >= 4 is 29.2 Å². The molecular weight excluding hydrogens is 280 g/mol. The van der Waals surface area contributed by atoms with Crippen molar-refractivity contribution in [2.45, 2.75) is 19.9 Å². The molecule has 1 atom stereocenters. The molecule has 0 aromatic carbocycles. The standard InChI is InChI=1S/C13H14N2O4S/c1-7-10(12(17)19-3)11(9-5-4-6-20-9)15(8(2)16)13(18)14-7/h4-6,11H,1-3H3,(H,14,18)/t11-/m0/s1. The molecule has 0 aliphatic carbocycles. The Morgan fingerprint density at radius 3 is 2.65 bits per heavy atom. The molecule has 0 unspecified atom stereocenters. The highest BCUT2D eigenvalue weighted by molar-refractivity contribution is 7.10. The molecule has 106 valence electrons. The molecule has 2 rings (SSSR count). The summed E-state index contributed by atoms with van der Waals surface area (Å²) in [5, 5.41) is 4.34. The molecule has 0 spiro atoms. The van der Waals surface area contributed by atoms with Crippen LogP contribution >= 0.6 is 11.3 Å². The molecule has 7 heteroatoms. The Balaban J connectivity index is 2.61. The number of hydrogen-bond donors (Lipinski definition) is 1. The number of carbonyl (C=O) groups excluding carboxylic acids is 3. The van der Waals surface area contributed by atoms with Gasteiger partial charge in [-0.1, -0.05) is 6.07 Å². The average Bonchev–Trinajstić information content (AvgIpc) is 2.90.